The van der Waals surface area contributed by atoms with Crippen LogP contribution in [0.4, 0.5) is 17.3 Å². The highest BCUT2D eigenvalue weighted by Crippen LogP contribution is 2.42. The van der Waals surface area contributed by atoms with Crippen molar-refractivity contribution >= 4 is 17.3 Å². The molecule has 3 saturated heterocycles. The fourth-order valence-electron chi connectivity index (χ4n) is 6.26. The van der Waals surface area contributed by atoms with Gasteiger partial charge in [0.15, 0.2) is 0 Å². The van der Waals surface area contributed by atoms with Crippen LogP contribution in [0.5, 0.6) is 5.88 Å². The smallest absolute Gasteiger partial charge is 0.227 e. The second kappa shape index (κ2) is 10.9. The molecule has 1 N–H and O–H groups in total. The van der Waals surface area contributed by atoms with Gasteiger partial charge in [-0.05, 0) is 82.6 Å². The molecular formula is C30H38N6O2. The number of pyridine rings is 1. The summed E-state index contributed by atoms with van der Waals surface area (Å²) in [6.45, 7) is 3.71. The van der Waals surface area contributed by atoms with Gasteiger partial charge in [-0.1, -0.05) is 0 Å². The molecule has 8 heteroatoms. The first-order chi connectivity index (χ1) is 18.5. The lowest BCUT2D eigenvalue weighted by atomic mass is 9.95. The van der Waals surface area contributed by atoms with Gasteiger partial charge in [0.05, 0.1) is 18.9 Å². The van der Waals surface area contributed by atoms with Gasteiger partial charge < -0.3 is 24.6 Å². The van der Waals surface area contributed by atoms with Crippen LogP contribution in [0.15, 0.2) is 48.8 Å². The number of piperidine rings is 1. The molecule has 1 aromatic carbocycles. The Balaban J connectivity index is 1.13. The van der Waals surface area contributed by atoms with Crippen molar-refractivity contribution in [1.29, 1.82) is 0 Å². The van der Waals surface area contributed by atoms with E-state index in [1.807, 2.05) is 24.4 Å². The minimum atomic E-state index is 0.173. The third-order valence-corrected chi connectivity index (χ3v) is 8.31. The van der Waals surface area contributed by atoms with Crippen LogP contribution in [0, 0.1) is 6.92 Å². The van der Waals surface area contributed by atoms with Crippen LogP contribution >= 0.6 is 0 Å². The molecule has 0 radical (unpaired) electrons. The van der Waals surface area contributed by atoms with Crippen LogP contribution in [0.1, 0.15) is 44.1 Å². The Hall–Kier alpha value is -3.23. The van der Waals surface area contributed by atoms with Gasteiger partial charge in [-0.2, -0.15) is 0 Å². The average Bonchev–Trinajstić information content (AvgIpc) is 3.17. The first-order valence-electron chi connectivity index (χ1n) is 13.9. The van der Waals surface area contributed by atoms with Crippen molar-refractivity contribution in [2.45, 2.75) is 69.7 Å². The summed E-state index contributed by atoms with van der Waals surface area (Å²) in [7, 11) is 4.44. The van der Waals surface area contributed by atoms with E-state index in [1.165, 1.54) is 36.9 Å². The Morgan fingerprint density at radius 1 is 0.974 bits per heavy atom. The van der Waals surface area contributed by atoms with Crippen LogP contribution in [0.3, 0.4) is 0 Å². The molecule has 3 aromatic rings. The van der Waals surface area contributed by atoms with Crippen LogP contribution in [-0.2, 0) is 4.74 Å². The van der Waals surface area contributed by atoms with E-state index in [2.05, 4.69) is 64.3 Å². The number of hydrogen-bond donors (Lipinski definition) is 1. The number of benzene rings is 1. The Morgan fingerprint density at radius 2 is 1.76 bits per heavy atom. The first kappa shape index (κ1) is 25.1. The van der Waals surface area contributed by atoms with Crippen LogP contribution in [0.25, 0.3) is 11.3 Å². The summed E-state index contributed by atoms with van der Waals surface area (Å²) < 4.78 is 11.4. The third-order valence-electron chi connectivity index (χ3n) is 8.31. The largest absolute Gasteiger partial charge is 0.474 e. The van der Waals surface area contributed by atoms with Gasteiger partial charge >= 0.3 is 0 Å². The van der Waals surface area contributed by atoms with E-state index < -0.39 is 0 Å². The molecule has 2 aromatic heterocycles. The van der Waals surface area contributed by atoms with Crippen molar-refractivity contribution in [3.63, 3.8) is 0 Å². The zero-order chi connectivity index (χ0) is 26.1. The molecule has 0 aliphatic carbocycles. The van der Waals surface area contributed by atoms with E-state index >= 15 is 0 Å². The van der Waals surface area contributed by atoms with Crippen LogP contribution < -0.4 is 15.0 Å². The highest BCUT2D eigenvalue weighted by Gasteiger charge is 2.41. The summed E-state index contributed by atoms with van der Waals surface area (Å²) in [6, 6.07) is 14.4. The van der Waals surface area contributed by atoms with Crippen molar-refractivity contribution in [2.24, 2.45) is 0 Å². The van der Waals surface area contributed by atoms with E-state index in [4.69, 9.17) is 14.5 Å². The molecule has 200 valence electrons. The number of aryl methyl sites for hydroxylation is 1. The van der Waals surface area contributed by atoms with Gasteiger partial charge in [-0.15, -0.1) is 0 Å². The summed E-state index contributed by atoms with van der Waals surface area (Å²) >= 11 is 0. The third kappa shape index (κ3) is 5.33. The Kier molecular flexibility index (Phi) is 7.17. The first-order valence-corrected chi connectivity index (χ1v) is 13.9. The molecule has 8 nitrogen and oxygen atoms in total. The van der Waals surface area contributed by atoms with Crippen molar-refractivity contribution in [2.75, 3.05) is 37.5 Å². The second-order valence-corrected chi connectivity index (χ2v) is 11.1. The molecule has 2 bridgehead atoms. The number of fused-ring (bicyclic) bond motifs is 2. The van der Waals surface area contributed by atoms with Gasteiger partial charge in [0.1, 0.15) is 6.10 Å². The lowest BCUT2D eigenvalue weighted by Gasteiger charge is -2.43. The standard InChI is InChI=1S/C30H38N6O2/c1-20-16-22(5-8-28(20)36-23-6-7-24(36)18-25(17-23)35(2)3)33-30-31-13-10-27(34-30)21-4-9-29(32-19-21)38-26-11-14-37-15-12-26/h4-5,8-10,13,16,19,23-26H,6-7,11-12,14-15,17-18H2,1-3H3,(H,31,33,34). The van der Waals surface area contributed by atoms with Crippen molar-refractivity contribution in [1.82, 2.24) is 19.9 Å². The molecule has 3 fully saturated rings. The lowest BCUT2D eigenvalue weighted by molar-refractivity contribution is 0.0237. The van der Waals surface area contributed by atoms with E-state index in [9.17, 15) is 0 Å². The number of anilines is 3. The van der Waals surface area contributed by atoms with Crippen LogP contribution in [-0.4, -0.2) is 71.4 Å². The zero-order valence-corrected chi connectivity index (χ0v) is 22.6. The molecular weight excluding hydrogens is 476 g/mol. The summed E-state index contributed by atoms with van der Waals surface area (Å²) in [5.41, 5.74) is 5.40. The SMILES string of the molecule is Cc1cc(Nc2nccc(-c3ccc(OC4CCOCC4)nc3)n2)ccc1N1C2CCC1CC(N(C)C)C2. The molecule has 3 aliphatic heterocycles. The van der Waals surface area contributed by atoms with Crippen molar-refractivity contribution in [3.8, 4) is 17.1 Å². The number of ether oxygens (including phenoxy) is 2. The van der Waals surface area contributed by atoms with E-state index in [1.54, 1.807) is 6.20 Å². The lowest BCUT2D eigenvalue weighted by Crippen LogP contribution is -2.49. The quantitative estimate of drug-likeness (QED) is 0.461. The molecule has 2 unspecified atom stereocenters. The molecule has 0 saturated carbocycles. The summed E-state index contributed by atoms with van der Waals surface area (Å²) in [5.74, 6) is 1.21. The Labute approximate surface area is 225 Å². The van der Waals surface area contributed by atoms with E-state index in [0.29, 0.717) is 30.0 Å². The molecule has 3 aliphatic rings. The predicted octanol–water partition coefficient (Wildman–Crippen LogP) is 5.21. The van der Waals surface area contributed by atoms with Crippen molar-refractivity contribution in [3.05, 3.63) is 54.4 Å². The molecule has 6 rings (SSSR count). The Bertz CT molecular complexity index is 1230. The Morgan fingerprint density at radius 3 is 2.45 bits per heavy atom. The van der Waals surface area contributed by atoms with Gasteiger partial charge in [-0.25, -0.2) is 15.0 Å². The highest BCUT2D eigenvalue weighted by atomic mass is 16.5. The summed E-state index contributed by atoms with van der Waals surface area (Å²) in [4.78, 5) is 18.8. The van der Waals surface area contributed by atoms with Gasteiger partial charge in [0.2, 0.25) is 11.8 Å². The maximum atomic E-state index is 6.00. The maximum absolute atomic E-state index is 6.00. The monoisotopic (exact) mass is 514 g/mol. The normalized spacial score (nSPS) is 23.6. The molecule has 2 atom stereocenters. The number of aromatic nitrogens is 3. The molecule has 0 amide bonds. The number of hydrogen-bond acceptors (Lipinski definition) is 8. The van der Waals surface area contributed by atoms with Gasteiger partial charge in [0, 0.05) is 66.4 Å². The van der Waals surface area contributed by atoms with Gasteiger partial charge in [-0.3, -0.25) is 0 Å². The fourth-order valence-corrected chi connectivity index (χ4v) is 6.26. The fraction of sp³-hybridized carbons (Fsp3) is 0.500. The molecule has 38 heavy (non-hydrogen) atoms. The topological polar surface area (TPSA) is 75.6 Å². The maximum Gasteiger partial charge on any atom is 0.227 e. The van der Waals surface area contributed by atoms with E-state index in [0.717, 1.165) is 43.0 Å². The number of nitrogens with one attached hydrogen (secondary N) is 1. The second-order valence-electron chi connectivity index (χ2n) is 11.1. The van der Waals surface area contributed by atoms with E-state index in [-0.39, 0.29) is 6.10 Å². The van der Waals surface area contributed by atoms with Gasteiger partial charge in [0.25, 0.3) is 0 Å². The minimum Gasteiger partial charge on any atom is -0.474 e. The minimum absolute atomic E-state index is 0.173. The summed E-state index contributed by atoms with van der Waals surface area (Å²) in [5, 5.41) is 3.41. The molecule has 0 spiro atoms. The zero-order valence-electron chi connectivity index (χ0n) is 22.6. The van der Waals surface area contributed by atoms with Crippen LogP contribution in [0.2, 0.25) is 0 Å². The number of rotatable bonds is 7. The molecule has 5 heterocycles. The average molecular weight is 515 g/mol. The summed E-state index contributed by atoms with van der Waals surface area (Å²) in [6.07, 6.45) is 10.7. The highest BCUT2D eigenvalue weighted by molar-refractivity contribution is 5.66. The van der Waals surface area contributed by atoms with Crippen molar-refractivity contribution < 1.29 is 9.47 Å². The number of nitrogens with zero attached hydrogens (tertiary/aromatic N) is 5. The predicted molar refractivity (Wildman–Crippen MR) is 150 cm³/mol.